The van der Waals surface area contributed by atoms with Gasteiger partial charge < -0.3 is 29.2 Å². The van der Waals surface area contributed by atoms with E-state index < -0.39 is 47.4 Å². The van der Waals surface area contributed by atoms with Crippen LogP contribution in [0.2, 0.25) is 5.02 Å². The van der Waals surface area contributed by atoms with Gasteiger partial charge in [-0.15, -0.1) is 5.10 Å². The average Bonchev–Trinajstić information content (AvgIpc) is 3.87. The molecule has 2 N–H and O–H groups in total. The first-order chi connectivity index (χ1) is 26.2. The van der Waals surface area contributed by atoms with Crippen molar-refractivity contribution in [1.29, 1.82) is 0 Å². The van der Waals surface area contributed by atoms with Gasteiger partial charge in [-0.2, -0.15) is 22.7 Å². The highest BCUT2D eigenvalue weighted by Crippen LogP contribution is 2.48. The van der Waals surface area contributed by atoms with Gasteiger partial charge in [0.15, 0.2) is 11.5 Å². The van der Waals surface area contributed by atoms with Crippen molar-refractivity contribution < 1.29 is 32.6 Å². The molecule has 0 saturated carbocycles. The molecule has 1 fully saturated rings. The van der Waals surface area contributed by atoms with Crippen molar-refractivity contribution in [3.05, 3.63) is 111 Å². The SMILES string of the molecule is C[C@H]1OC2(CCN(C(=O)c3ncccc3O)CC2)c2c1n(CC(=O)Nc1ccc(C(F)(F)F)cc1Cl)c1nc(-c3ccc(-c4cn(C)cn4)cc3)nn1c2=O. The molecule has 282 valence electrons. The van der Waals surface area contributed by atoms with Gasteiger partial charge in [-0.05, 0) is 50.1 Å². The number of aryl methyl sites for hydroxylation is 1. The summed E-state index contributed by atoms with van der Waals surface area (Å²) in [6, 6.07) is 12.8. The topological polar surface area (TPSA) is 162 Å². The van der Waals surface area contributed by atoms with E-state index in [2.05, 4.69) is 20.4 Å². The number of alkyl halides is 3. The van der Waals surface area contributed by atoms with E-state index in [1.807, 2.05) is 29.9 Å². The molecule has 55 heavy (non-hydrogen) atoms. The summed E-state index contributed by atoms with van der Waals surface area (Å²) in [6.45, 7) is 1.63. The van der Waals surface area contributed by atoms with Crippen LogP contribution in [-0.2, 0) is 34.9 Å². The van der Waals surface area contributed by atoms with Crippen LogP contribution in [0, 0.1) is 0 Å². The minimum Gasteiger partial charge on any atom is -0.505 e. The summed E-state index contributed by atoms with van der Waals surface area (Å²) >= 11 is 6.16. The maximum absolute atomic E-state index is 14.5. The number of nitrogens with one attached hydrogen (secondary N) is 1. The standard InChI is InChI=1S/C37H31ClF3N9O5/c1-20-31-29(36(55-20)11-14-48(15-12-36)34(54)30-27(51)4-3-13-42-30)33(53)50-35(45-32(46-50)22-7-5-21(6-8-22)26-17-47(2)19-43-26)49(31)18-28(52)44-25-10-9-23(16-24(25)38)37(39,40)41/h3-10,13,16-17,19-20,51H,11-12,14-15,18H2,1-2H3,(H,44,52)/t20-/m1/s1. The second kappa shape index (κ2) is 13.3. The Bertz CT molecular complexity index is 2560. The van der Waals surface area contributed by atoms with Gasteiger partial charge in [0.2, 0.25) is 11.7 Å². The van der Waals surface area contributed by atoms with Gasteiger partial charge in [-0.25, -0.2) is 9.97 Å². The molecule has 1 saturated heterocycles. The molecular weight excluding hydrogens is 743 g/mol. The van der Waals surface area contributed by atoms with Crippen molar-refractivity contribution in [2.45, 2.75) is 44.2 Å². The predicted octanol–water partition coefficient (Wildman–Crippen LogP) is 5.59. The number of ether oxygens (including phenoxy) is 1. The second-order valence-corrected chi connectivity index (χ2v) is 13.9. The molecule has 1 spiro atoms. The number of aromatic hydroxyl groups is 1. The number of likely N-dealkylation sites (tertiary alicyclic amines) is 1. The lowest BCUT2D eigenvalue weighted by Crippen LogP contribution is -2.47. The number of nitrogens with zero attached hydrogens (tertiary/aromatic N) is 8. The fourth-order valence-electron chi connectivity index (χ4n) is 7.28. The van der Waals surface area contributed by atoms with Crippen molar-refractivity contribution in [2.24, 2.45) is 7.05 Å². The molecule has 14 nitrogen and oxygen atoms in total. The Hall–Kier alpha value is -6.07. The Morgan fingerprint density at radius 3 is 2.45 bits per heavy atom. The molecule has 0 unspecified atom stereocenters. The van der Waals surface area contributed by atoms with E-state index in [-0.39, 0.29) is 65.3 Å². The summed E-state index contributed by atoms with van der Waals surface area (Å²) in [5.41, 5.74) is 0.0280. The first kappa shape index (κ1) is 35.9. The number of hydrogen-bond donors (Lipinski definition) is 2. The van der Waals surface area contributed by atoms with Crippen molar-refractivity contribution in [2.75, 3.05) is 18.4 Å². The first-order valence-corrected chi connectivity index (χ1v) is 17.5. The predicted molar refractivity (Wildman–Crippen MR) is 192 cm³/mol. The summed E-state index contributed by atoms with van der Waals surface area (Å²) in [5, 5.41) is 17.1. The van der Waals surface area contributed by atoms with Gasteiger partial charge in [0.05, 0.1) is 45.7 Å². The molecule has 8 rings (SSSR count). The van der Waals surface area contributed by atoms with Gasteiger partial charge in [0, 0.05) is 43.7 Å². The fourth-order valence-corrected chi connectivity index (χ4v) is 7.51. The summed E-state index contributed by atoms with van der Waals surface area (Å²) < 4.78 is 50.9. The minimum atomic E-state index is -4.63. The molecule has 0 aliphatic carbocycles. The number of carbonyl (C=O) groups excluding carboxylic acids is 2. The average molecular weight is 774 g/mol. The summed E-state index contributed by atoms with van der Waals surface area (Å²) in [7, 11) is 1.86. The zero-order valence-corrected chi connectivity index (χ0v) is 30.0. The number of imidazole rings is 1. The van der Waals surface area contributed by atoms with Gasteiger partial charge in [0.25, 0.3) is 11.5 Å². The van der Waals surface area contributed by atoms with E-state index >= 15 is 0 Å². The van der Waals surface area contributed by atoms with Crippen molar-refractivity contribution >= 4 is 34.9 Å². The molecule has 2 aliphatic heterocycles. The number of rotatable bonds is 6. The van der Waals surface area contributed by atoms with Gasteiger partial charge in [-0.3, -0.25) is 14.4 Å². The second-order valence-electron chi connectivity index (χ2n) is 13.5. The van der Waals surface area contributed by atoms with Crippen LogP contribution >= 0.6 is 11.6 Å². The van der Waals surface area contributed by atoms with E-state index in [4.69, 9.17) is 21.3 Å². The van der Waals surface area contributed by atoms with Gasteiger partial charge >= 0.3 is 6.18 Å². The third-order valence-electron chi connectivity index (χ3n) is 9.89. The highest BCUT2D eigenvalue weighted by atomic mass is 35.5. The van der Waals surface area contributed by atoms with Crippen molar-refractivity contribution in [3.8, 4) is 28.4 Å². The summed E-state index contributed by atoms with van der Waals surface area (Å²) in [6.07, 6.45) is 0.0170. The maximum Gasteiger partial charge on any atom is 0.416 e. The van der Waals surface area contributed by atoms with E-state index in [9.17, 15) is 32.7 Å². The Kier molecular flexibility index (Phi) is 8.72. The molecule has 6 aromatic rings. The molecule has 0 radical (unpaired) electrons. The Labute approximate surface area is 314 Å². The van der Waals surface area contributed by atoms with E-state index in [0.29, 0.717) is 11.3 Å². The van der Waals surface area contributed by atoms with E-state index in [1.165, 1.54) is 27.8 Å². The highest BCUT2D eigenvalue weighted by molar-refractivity contribution is 6.33. The molecule has 2 aromatic carbocycles. The zero-order chi connectivity index (χ0) is 38.8. The van der Waals surface area contributed by atoms with Crippen LogP contribution in [0.1, 0.15) is 53.2 Å². The van der Waals surface area contributed by atoms with Crippen LogP contribution in [0.3, 0.4) is 0 Å². The quantitative estimate of drug-likeness (QED) is 0.220. The van der Waals surface area contributed by atoms with E-state index in [0.717, 1.165) is 34.0 Å². The number of fused-ring (bicyclic) bond motifs is 3. The fraction of sp³-hybridized carbons (Fsp3) is 0.270. The molecule has 2 aliphatic rings. The number of pyridine rings is 1. The summed E-state index contributed by atoms with van der Waals surface area (Å²) in [4.78, 5) is 56.1. The van der Waals surface area contributed by atoms with Crippen LogP contribution in [0.15, 0.2) is 78.1 Å². The normalized spacial score (nSPS) is 16.5. The molecule has 0 bridgehead atoms. The van der Waals surface area contributed by atoms with Gasteiger partial charge in [0.1, 0.15) is 17.9 Å². The smallest absolute Gasteiger partial charge is 0.416 e. The maximum atomic E-state index is 14.5. The van der Waals surface area contributed by atoms with Crippen LogP contribution in [-0.4, -0.2) is 68.6 Å². The number of halogens is 4. The molecule has 4 aromatic heterocycles. The van der Waals surface area contributed by atoms with Crippen molar-refractivity contribution in [1.82, 2.24) is 38.6 Å². The lowest BCUT2D eigenvalue weighted by atomic mass is 9.85. The van der Waals surface area contributed by atoms with Crippen LogP contribution in [0.25, 0.3) is 28.4 Å². The molecule has 2 amide bonds. The number of anilines is 1. The molecule has 6 heterocycles. The molecule has 18 heteroatoms. The Morgan fingerprint density at radius 1 is 1.07 bits per heavy atom. The minimum absolute atomic E-state index is 0.0342. The zero-order valence-electron chi connectivity index (χ0n) is 29.2. The summed E-state index contributed by atoms with van der Waals surface area (Å²) in [5.74, 6) is -1.15. The lowest BCUT2D eigenvalue weighted by Gasteiger charge is -2.39. The Morgan fingerprint density at radius 2 is 1.80 bits per heavy atom. The largest absolute Gasteiger partial charge is 0.505 e. The number of amides is 2. The molecule has 1 atom stereocenters. The van der Waals surface area contributed by atoms with Crippen molar-refractivity contribution in [3.63, 3.8) is 0 Å². The number of aromatic nitrogens is 7. The third kappa shape index (κ3) is 6.38. The van der Waals surface area contributed by atoms with Crippen LogP contribution in [0.4, 0.5) is 18.9 Å². The number of benzene rings is 2. The third-order valence-corrected chi connectivity index (χ3v) is 10.2. The Balaban J connectivity index is 1.18. The monoisotopic (exact) mass is 773 g/mol. The number of hydrogen-bond acceptors (Lipinski definition) is 9. The lowest BCUT2D eigenvalue weighted by molar-refractivity contribution is -0.137. The van der Waals surface area contributed by atoms with Crippen LogP contribution < -0.4 is 10.9 Å². The molecular formula is C37H31ClF3N9O5. The van der Waals surface area contributed by atoms with E-state index in [1.54, 1.807) is 25.4 Å². The number of piperidine rings is 1. The highest BCUT2D eigenvalue weighted by Gasteiger charge is 2.50. The van der Waals surface area contributed by atoms with Crippen LogP contribution in [0.5, 0.6) is 5.75 Å². The van der Waals surface area contributed by atoms with Gasteiger partial charge in [-0.1, -0.05) is 35.9 Å². The number of carbonyl (C=O) groups is 2. The first-order valence-electron chi connectivity index (χ1n) is 17.1.